The Kier molecular flexibility index (Phi) is 3.16. The first-order valence-corrected chi connectivity index (χ1v) is 7.03. The molecule has 1 aliphatic carbocycles. The molecular formula is C13H19ClN4. The first-order chi connectivity index (χ1) is 8.65. The lowest BCUT2D eigenvalue weighted by Gasteiger charge is -2.17. The zero-order valence-electron chi connectivity index (χ0n) is 10.9. The van der Waals surface area contributed by atoms with Gasteiger partial charge in [0.2, 0.25) is 0 Å². The molecule has 1 aromatic rings. The highest BCUT2D eigenvalue weighted by atomic mass is 35.5. The quantitative estimate of drug-likeness (QED) is 0.912. The topological polar surface area (TPSA) is 41.1 Å². The van der Waals surface area contributed by atoms with E-state index in [9.17, 15) is 0 Å². The third-order valence-electron chi connectivity index (χ3n) is 4.09. The Morgan fingerprint density at radius 3 is 2.67 bits per heavy atom. The van der Waals surface area contributed by atoms with Crippen molar-refractivity contribution in [3.8, 4) is 0 Å². The molecule has 3 rings (SSSR count). The van der Waals surface area contributed by atoms with Crippen LogP contribution in [0.5, 0.6) is 0 Å². The zero-order valence-corrected chi connectivity index (χ0v) is 11.7. The monoisotopic (exact) mass is 266 g/mol. The Bertz CT molecular complexity index is 459. The average Bonchev–Trinajstić information content (AvgIpc) is 3.11. The van der Waals surface area contributed by atoms with Gasteiger partial charge < -0.3 is 5.32 Å². The third kappa shape index (κ3) is 2.31. The van der Waals surface area contributed by atoms with E-state index < -0.39 is 0 Å². The SMILES string of the molecule is Cc1c(Cl)nnc(NC2CCN(C3CC3)C2)c1C. The smallest absolute Gasteiger partial charge is 0.155 e. The van der Waals surface area contributed by atoms with Crippen LogP contribution in [0.1, 0.15) is 30.4 Å². The Labute approximate surface area is 113 Å². The normalized spacial score (nSPS) is 24.5. The van der Waals surface area contributed by atoms with Crippen LogP contribution in [0, 0.1) is 13.8 Å². The van der Waals surface area contributed by atoms with E-state index in [1.165, 1.54) is 25.8 Å². The fourth-order valence-corrected chi connectivity index (χ4v) is 2.76. The lowest BCUT2D eigenvalue weighted by atomic mass is 10.2. The van der Waals surface area contributed by atoms with Crippen molar-refractivity contribution in [1.29, 1.82) is 0 Å². The van der Waals surface area contributed by atoms with Crippen LogP contribution in [0.25, 0.3) is 0 Å². The molecule has 2 aliphatic rings. The number of hydrogen-bond donors (Lipinski definition) is 1. The maximum atomic E-state index is 5.97. The van der Waals surface area contributed by atoms with E-state index in [4.69, 9.17) is 11.6 Å². The van der Waals surface area contributed by atoms with Gasteiger partial charge in [0.15, 0.2) is 11.0 Å². The number of rotatable bonds is 3. The van der Waals surface area contributed by atoms with Crippen LogP contribution in [0.4, 0.5) is 5.82 Å². The van der Waals surface area contributed by atoms with Gasteiger partial charge in [-0.05, 0) is 44.2 Å². The molecule has 1 atom stereocenters. The Morgan fingerprint density at radius 2 is 1.94 bits per heavy atom. The summed E-state index contributed by atoms with van der Waals surface area (Å²) in [7, 11) is 0. The summed E-state index contributed by atoms with van der Waals surface area (Å²) in [4.78, 5) is 2.59. The summed E-state index contributed by atoms with van der Waals surface area (Å²) in [6.07, 6.45) is 3.95. The van der Waals surface area contributed by atoms with Gasteiger partial charge in [0.1, 0.15) is 0 Å². The lowest BCUT2D eigenvalue weighted by Crippen LogP contribution is -2.28. The van der Waals surface area contributed by atoms with E-state index in [1.54, 1.807) is 0 Å². The van der Waals surface area contributed by atoms with Gasteiger partial charge in [-0.25, -0.2) is 0 Å². The Balaban J connectivity index is 1.68. The molecule has 4 nitrogen and oxygen atoms in total. The van der Waals surface area contributed by atoms with Crippen LogP contribution < -0.4 is 5.32 Å². The average molecular weight is 267 g/mol. The molecule has 0 spiro atoms. The molecule has 5 heteroatoms. The molecule has 2 fully saturated rings. The Hall–Kier alpha value is -0.870. The highest BCUT2D eigenvalue weighted by molar-refractivity contribution is 6.30. The number of nitrogens with zero attached hydrogens (tertiary/aromatic N) is 3. The van der Waals surface area contributed by atoms with Gasteiger partial charge >= 0.3 is 0 Å². The highest BCUT2D eigenvalue weighted by Gasteiger charge is 2.34. The summed E-state index contributed by atoms with van der Waals surface area (Å²) in [5.41, 5.74) is 2.13. The molecule has 1 N–H and O–H groups in total. The molecule has 1 aliphatic heterocycles. The van der Waals surface area contributed by atoms with Gasteiger partial charge in [0, 0.05) is 25.2 Å². The summed E-state index contributed by atoms with van der Waals surface area (Å²) in [5.74, 6) is 0.888. The van der Waals surface area contributed by atoms with E-state index in [0.717, 1.165) is 29.5 Å². The number of nitrogens with one attached hydrogen (secondary N) is 1. The molecule has 1 saturated heterocycles. The molecule has 0 bridgehead atoms. The van der Waals surface area contributed by atoms with Crippen LogP contribution >= 0.6 is 11.6 Å². The molecule has 2 heterocycles. The molecule has 0 aromatic carbocycles. The molecule has 98 valence electrons. The van der Waals surface area contributed by atoms with Crippen LogP contribution in [-0.4, -0.2) is 40.3 Å². The standard InChI is InChI=1S/C13H19ClN4/c1-8-9(2)13(17-16-12(8)14)15-10-5-6-18(7-10)11-3-4-11/h10-11H,3-7H2,1-2H3,(H,15,17). The second-order valence-electron chi connectivity index (χ2n) is 5.45. The largest absolute Gasteiger partial charge is 0.364 e. The number of anilines is 1. The van der Waals surface area contributed by atoms with Crippen molar-refractivity contribution in [3.05, 3.63) is 16.3 Å². The fourth-order valence-electron chi connectivity index (χ4n) is 2.58. The summed E-state index contributed by atoms with van der Waals surface area (Å²) in [6, 6.07) is 1.36. The van der Waals surface area contributed by atoms with Crippen LogP contribution in [0.2, 0.25) is 5.15 Å². The van der Waals surface area contributed by atoms with Crippen molar-refractivity contribution in [2.45, 2.75) is 45.2 Å². The maximum Gasteiger partial charge on any atom is 0.155 e. The van der Waals surface area contributed by atoms with Crippen LogP contribution in [0.15, 0.2) is 0 Å². The van der Waals surface area contributed by atoms with E-state index >= 15 is 0 Å². The van der Waals surface area contributed by atoms with Crippen molar-refractivity contribution < 1.29 is 0 Å². The van der Waals surface area contributed by atoms with Crippen molar-refractivity contribution in [2.24, 2.45) is 0 Å². The molecule has 1 aromatic heterocycles. The first kappa shape index (κ1) is 12.2. The van der Waals surface area contributed by atoms with Crippen molar-refractivity contribution in [1.82, 2.24) is 15.1 Å². The Morgan fingerprint density at radius 1 is 1.17 bits per heavy atom. The second kappa shape index (κ2) is 4.67. The number of aromatic nitrogens is 2. The molecule has 0 amide bonds. The summed E-state index contributed by atoms with van der Waals surface area (Å²) < 4.78 is 0. The summed E-state index contributed by atoms with van der Waals surface area (Å²) >= 11 is 5.97. The van der Waals surface area contributed by atoms with Gasteiger partial charge in [-0.15, -0.1) is 10.2 Å². The number of hydrogen-bond acceptors (Lipinski definition) is 4. The van der Waals surface area contributed by atoms with Gasteiger partial charge in [-0.3, -0.25) is 4.90 Å². The van der Waals surface area contributed by atoms with Crippen LogP contribution in [-0.2, 0) is 0 Å². The van der Waals surface area contributed by atoms with Gasteiger partial charge in [-0.2, -0.15) is 0 Å². The zero-order chi connectivity index (χ0) is 12.7. The van der Waals surface area contributed by atoms with E-state index in [1.807, 2.05) is 13.8 Å². The molecule has 1 unspecified atom stereocenters. The van der Waals surface area contributed by atoms with Gasteiger partial charge in [0.25, 0.3) is 0 Å². The molecular weight excluding hydrogens is 248 g/mol. The predicted molar refractivity (Wildman–Crippen MR) is 73.1 cm³/mol. The minimum atomic E-state index is 0.499. The second-order valence-corrected chi connectivity index (χ2v) is 5.80. The maximum absolute atomic E-state index is 5.97. The third-order valence-corrected chi connectivity index (χ3v) is 4.45. The van der Waals surface area contributed by atoms with E-state index in [-0.39, 0.29) is 0 Å². The van der Waals surface area contributed by atoms with E-state index in [0.29, 0.717) is 11.2 Å². The first-order valence-electron chi connectivity index (χ1n) is 6.65. The summed E-state index contributed by atoms with van der Waals surface area (Å²) in [6.45, 7) is 6.38. The van der Waals surface area contributed by atoms with Gasteiger partial charge in [0.05, 0.1) is 0 Å². The fraction of sp³-hybridized carbons (Fsp3) is 0.692. The van der Waals surface area contributed by atoms with Crippen molar-refractivity contribution in [3.63, 3.8) is 0 Å². The minimum Gasteiger partial charge on any atom is -0.364 e. The van der Waals surface area contributed by atoms with Crippen molar-refractivity contribution in [2.75, 3.05) is 18.4 Å². The number of likely N-dealkylation sites (tertiary alicyclic amines) is 1. The highest BCUT2D eigenvalue weighted by Crippen LogP contribution is 2.31. The molecule has 18 heavy (non-hydrogen) atoms. The van der Waals surface area contributed by atoms with Crippen LogP contribution in [0.3, 0.4) is 0 Å². The molecule has 1 saturated carbocycles. The minimum absolute atomic E-state index is 0.499. The summed E-state index contributed by atoms with van der Waals surface area (Å²) in [5, 5.41) is 12.2. The van der Waals surface area contributed by atoms with E-state index in [2.05, 4.69) is 20.4 Å². The predicted octanol–water partition coefficient (Wildman–Crippen LogP) is 2.40. The number of halogens is 1. The van der Waals surface area contributed by atoms with Crippen molar-refractivity contribution >= 4 is 17.4 Å². The lowest BCUT2D eigenvalue weighted by molar-refractivity contribution is 0.326. The molecule has 0 radical (unpaired) electrons. The van der Waals surface area contributed by atoms with Gasteiger partial charge in [-0.1, -0.05) is 11.6 Å².